The molecule has 3 rings (SSSR count). The van der Waals surface area contributed by atoms with Gasteiger partial charge in [-0.1, -0.05) is 24.3 Å². The van der Waals surface area contributed by atoms with Crippen molar-refractivity contribution < 1.29 is 9.59 Å². The van der Waals surface area contributed by atoms with E-state index in [1.807, 2.05) is 12.1 Å². The predicted molar refractivity (Wildman–Crippen MR) is 80.1 cm³/mol. The van der Waals surface area contributed by atoms with E-state index in [-0.39, 0.29) is 17.7 Å². The maximum absolute atomic E-state index is 12.1. The Kier molecular flexibility index (Phi) is 3.63. The Hall–Kier alpha value is -1.59. The van der Waals surface area contributed by atoms with Crippen molar-refractivity contribution in [2.75, 3.05) is 13.1 Å². The number of rotatable bonds is 4. The smallest absolute Gasteiger partial charge is 0.293 e. The molecule has 4 nitrogen and oxygen atoms in total. The van der Waals surface area contributed by atoms with E-state index in [0.717, 1.165) is 23.2 Å². The van der Waals surface area contributed by atoms with Crippen LogP contribution in [0.1, 0.15) is 29.9 Å². The lowest BCUT2D eigenvalue weighted by Crippen LogP contribution is -2.33. The van der Waals surface area contributed by atoms with Crippen molar-refractivity contribution in [1.82, 2.24) is 4.90 Å². The minimum Gasteiger partial charge on any atom is -0.329 e. The molecule has 2 fully saturated rings. The van der Waals surface area contributed by atoms with Crippen molar-refractivity contribution in [3.63, 3.8) is 0 Å². The highest BCUT2D eigenvalue weighted by atomic mass is 32.2. The molecular formula is C15H16N2O2S. The summed E-state index contributed by atoms with van der Waals surface area (Å²) >= 11 is 0.982. The molecule has 2 aliphatic rings. The van der Waals surface area contributed by atoms with Crippen LogP contribution in [0.4, 0.5) is 4.79 Å². The van der Waals surface area contributed by atoms with Gasteiger partial charge in [0.1, 0.15) is 0 Å². The molecule has 1 heterocycles. The van der Waals surface area contributed by atoms with Gasteiger partial charge in [-0.15, -0.1) is 0 Å². The molecular weight excluding hydrogens is 272 g/mol. The van der Waals surface area contributed by atoms with Crippen molar-refractivity contribution >= 4 is 29.0 Å². The highest BCUT2D eigenvalue weighted by Gasteiger charge is 2.34. The Morgan fingerprint density at radius 3 is 2.55 bits per heavy atom. The van der Waals surface area contributed by atoms with Gasteiger partial charge in [0.05, 0.1) is 4.91 Å². The first-order chi connectivity index (χ1) is 9.69. The second-order valence-corrected chi connectivity index (χ2v) is 6.06. The van der Waals surface area contributed by atoms with Crippen LogP contribution >= 0.6 is 11.8 Å². The number of carbonyl (C=O) groups is 2. The van der Waals surface area contributed by atoms with Crippen LogP contribution in [0, 0.1) is 0 Å². The number of nitrogens with two attached hydrogens (primary N) is 1. The maximum atomic E-state index is 12.1. The molecule has 0 radical (unpaired) electrons. The maximum Gasteiger partial charge on any atom is 0.293 e. The van der Waals surface area contributed by atoms with Crippen LogP contribution in [-0.4, -0.2) is 29.1 Å². The molecule has 5 heteroatoms. The van der Waals surface area contributed by atoms with Crippen LogP contribution in [0.5, 0.6) is 0 Å². The number of thioether (sulfide) groups is 1. The molecule has 104 valence electrons. The van der Waals surface area contributed by atoms with Gasteiger partial charge in [0.2, 0.25) is 0 Å². The van der Waals surface area contributed by atoms with E-state index >= 15 is 0 Å². The lowest BCUT2D eigenvalue weighted by atomic mass is 10.1. The summed E-state index contributed by atoms with van der Waals surface area (Å²) in [4.78, 5) is 25.4. The van der Waals surface area contributed by atoms with E-state index in [1.165, 1.54) is 23.3 Å². The number of imide groups is 1. The van der Waals surface area contributed by atoms with Gasteiger partial charge in [0, 0.05) is 13.1 Å². The number of nitrogens with zero attached hydrogens (tertiary/aromatic N) is 1. The van der Waals surface area contributed by atoms with E-state index in [4.69, 9.17) is 5.73 Å². The fraction of sp³-hybridized carbons (Fsp3) is 0.333. The van der Waals surface area contributed by atoms with Gasteiger partial charge in [-0.2, -0.15) is 0 Å². The number of amides is 2. The SMILES string of the molecule is NCCN1C(=O)S/C(=C/c2ccc(C3CC3)cc2)C1=O. The average molecular weight is 288 g/mol. The summed E-state index contributed by atoms with van der Waals surface area (Å²) in [6.07, 6.45) is 4.33. The summed E-state index contributed by atoms with van der Waals surface area (Å²) in [6.45, 7) is 0.573. The van der Waals surface area contributed by atoms with Gasteiger partial charge in [0.25, 0.3) is 11.1 Å². The summed E-state index contributed by atoms with van der Waals surface area (Å²) in [7, 11) is 0. The van der Waals surface area contributed by atoms with Crippen LogP contribution in [0.2, 0.25) is 0 Å². The zero-order chi connectivity index (χ0) is 14.1. The quantitative estimate of drug-likeness (QED) is 0.865. The monoisotopic (exact) mass is 288 g/mol. The molecule has 2 N–H and O–H groups in total. The third-order valence-electron chi connectivity index (χ3n) is 3.51. The Labute approximate surface area is 122 Å². The summed E-state index contributed by atoms with van der Waals surface area (Å²) in [5.41, 5.74) is 7.72. The predicted octanol–water partition coefficient (Wildman–Crippen LogP) is 2.56. The summed E-state index contributed by atoms with van der Waals surface area (Å²) in [5, 5.41) is -0.235. The molecule has 1 aromatic rings. The number of hydrogen-bond acceptors (Lipinski definition) is 4. The van der Waals surface area contributed by atoms with Crippen LogP contribution in [-0.2, 0) is 4.79 Å². The molecule has 1 aliphatic heterocycles. The van der Waals surface area contributed by atoms with Crippen molar-refractivity contribution in [1.29, 1.82) is 0 Å². The molecule has 0 spiro atoms. The molecule has 1 saturated heterocycles. The van der Waals surface area contributed by atoms with E-state index in [2.05, 4.69) is 12.1 Å². The van der Waals surface area contributed by atoms with E-state index in [1.54, 1.807) is 6.08 Å². The zero-order valence-electron chi connectivity index (χ0n) is 11.0. The first-order valence-corrected chi connectivity index (χ1v) is 7.56. The number of carbonyl (C=O) groups excluding carboxylic acids is 2. The Balaban J connectivity index is 1.77. The largest absolute Gasteiger partial charge is 0.329 e. The molecule has 0 atom stereocenters. The minimum atomic E-state index is -0.239. The third kappa shape index (κ3) is 2.64. The normalized spacial score (nSPS) is 21.1. The van der Waals surface area contributed by atoms with E-state index < -0.39 is 0 Å². The molecule has 1 aromatic carbocycles. The van der Waals surface area contributed by atoms with Crippen LogP contribution in [0.3, 0.4) is 0 Å². The fourth-order valence-electron chi connectivity index (χ4n) is 2.25. The molecule has 1 saturated carbocycles. The minimum absolute atomic E-state index is 0.235. The van der Waals surface area contributed by atoms with Gasteiger partial charge < -0.3 is 5.73 Å². The second-order valence-electron chi connectivity index (χ2n) is 5.06. The van der Waals surface area contributed by atoms with Gasteiger partial charge in [-0.3, -0.25) is 14.5 Å². The average Bonchev–Trinajstić information content (AvgIpc) is 3.25. The lowest BCUT2D eigenvalue weighted by molar-refractivity contribution is -0.122. The number of hydrogen-bond donors (Lipinski definition) is 1. The van der Waals surface area contributed by atoms with Crippen molar-refractivity contribution in [3.05, 3.63) is 40.3 Å². The molecule has 20 heavy (non-hydrogen) atoms. The summed E-state index contributed by atoms with van der Waals surface area (Å²) in [5.74, 6) is 0.484. The lowest BCUT2D eigenvalue weighted by Gasteiger charge is -2.09. The molecule has 2 amide bonds. The van der Waals surface area contributed by atoms with Crippen LogP contribution in [0.15, 0.2) is 29.2 Å². The first kappa shape index (κ1) is 13.4. The molecule has 0 aromatic heterocycles. The Bertz CT molecular complexity index is 576. The van der Waals surface area contributed by atoms with Crippen molar-refractivity contribution in [3.8, 4) is 0 Å². The zero-order valence-corrected chi connectivity index (χ0v) is 11.9. The Morgan fingerprint density at radius 2 is 1.95 bits per heavy atom. The van der Waals surface area contributed by atoms with Crippen molar-refractivity contribution in [2.45, 2.75) is 18.8 Å². The first-order valence-electron chi connectivity index (χ1n) is 6.74. The second kappa shape index (κ2) is 5.42. The third-order valence-corrected chi connectivity index (χ3v) is 4.42. The standard InChI is InChI=1S/C15H16N2O2S/c16-7-8-17-14(18)13(20-15(17)19)9-10-1-3-11(4-2-10)12-5-6-12/h1-4,9,12H,5-8,16H2/b13-9+. The topological polar surface area (TPSA) is 63.4 Å². The number of benzene rings is 1. The fourth-order valence-corrected chi connectivity index (χ4v) is 3.12. The van der Waals surface area contributed by atoms with E-state index in [9.17, 15) is 9.59 Å². The highest BCUT2D eigenvalue weighted by molar-refractivity contribution is 8.18. The van der Waals surface area contributed by atoms with Gasteiger partial charge >= 0.3 is 0 Å². The van der Waals surface area contributed by atoms with Gasteiger partial charge in [0.15, 0.2) is 0 Å². The van der Waals surface area contributed by atoms with Crippen LogP contribution < -0.4 is 5.73 Å². The molecule has 0 unspecified atom stereocenters. The van der Waals surface area contributed by atoms with E-state index in [0.29, 0.717) is 11.4 Å². The van der Waals surface area contributed by atoms with Gasteiger partial charge in [-0.25, -0.2) is 0 Å². The highest BCUT2D eigenvalue weighted by Crippen LogP contribution is 2.40. The van der Waals surface area contributed by atoms with Crippen molar-refractivity contribution in [2.24, 2.45) is 5.73 Å². The summed E-state index contributed by atoms with van der Waals surface area (Å²) < 4.78 is 0. The summed E-state index contributed by atoms with van der Waals surface area (Å²) in [6, 6.07) is 8.22. The van der Waals surface area contributed by atoms with Gasteiger partial charge in [-0.05, 0) is 47.7 Å². The molecule has 1 aliphatic carbocycles. The van der Waals surface area contributed by atoms with Crippen LogP contribution in [0.25, 0.3) is 6.08 Å². The molecule has 0 bridgehead atoms. The Morgan fingerprint density at radius 1 is 1.25 bits per heavy atom.